The highest BCUT2D eigenvalue weighted by molar-refractivity contribution is 5.92. The molecule has 2 aromatic rings. The monoisotopic (exact) mass is 257 g/mol. The Hall–Kier alpha value is -2.56. The Morgan fingerprint density at radius 3 is 2.63 bits per heavy atom. The van der Waals surface area contributed by atoms with Gasteiger partial charge in [-0.3, -0.25) is 5.41 Å². The van der Waals surface area contributed by atoms with Crippen molar-refractivity contribution in [1.82, 2.24) is 4.98 Å². The Kier molecular flexibility index (Phi) is 3.97. The maximum Gasteiger partial charge on any atom is 0.145 e. The van der Waals surface area contributed by atoms with E-state index >= 15 is 0 Å². The lowest BCUT2D eigenvalue weighted by Crippen LogP contribution is -2.12. The third kappa shape index (κ3) is 3.45. The smallest absolute Gasteiger partial charge is 0.145 e. The average molecular weight is 257 g/mol. The number of benzene rings is 1. The fraction of sp³-hybridized carbons (Fsp3) is 0.143. The molecule has 0 saturated carbocycles. The highest BCUT2D eigenvalue weighted by Gasteiger charge is 2.02. The minimum Gasteiger partial charge on any atom is -0.494 e. The van der Waals surface area contributed by atoms with Gasteiger partial charge in [0.05, 0.1) is 12.8 Å². The second kappa shape index (κ2) is 5.86. The van der Waals surface area contributed by atoms with Crippen molar-refractivity contribution in [3.8, 4) is 17.2 Å². The van der Waals surface area contributed by atoms with Gasteiger partial charge < -0.3 is 15.2 Å². The fourth-order valence-corrected chi connectivity index (χ4v) is 1.53. The maximum atomic E-state index is 7.26. The van der Waals surface area contributed by atoms with Crippen LogP contribution < -0.4 is 15.2 Å². The van der Waals surface area contributed by atoms with E-state index in [0.29, 0.717) is 23.8 Å². The van der Waals surface area contributed by atoms with Crippen LogP contribution in [0.5, 0.6) is 17.2 Å². The number of nitrogen functional groups attached to an aromatic ring is 1. The van der Waals surface area contributed by atoms with Gasteiger partial charge in [0, 0.05) is 6.07 Å². The van der Waals surface area contributed by atoms with Crippen LogP contribution in [0, 0.1) is 5.41 Å². The van der Waals surface area contributed by atoms with Crippen LogP contribution in [0.4, 0.5) is 0 Å². The molecule has 0 bridgehead atoms. The zero-order chi connectivity index (χ0) is 13.7. The van der Waals surface area contributed by atoms with Gasteiger partial charge in [0.2, 0.25) is 0 Å². The van der Waals surface area contributed by atoms with E-state index in [9.17, 15) is 0 Å². The van der Waals surface area contributed by atoms with Crippen molar-refractivity contribution in [3.05, 3.63) is 48.3 Å². The number of nitrogens with two attached hydrogens (primary N) is 1. The van der Waals surface area contributed by atoms with Gasteiger partial charge in [-0.05, 0) is 31.2 Å². The first kappa shape index (κ1) is 12.9. The molecule has 2 rings (SSSR count). The first-order valence-electron chi connectivity index (χ1n) is 5.90. The van der Waals surface area contributed by atoms with E-state index in [2.05, 4.69) is 4.98 Å². The van der Waals surface area contributed by atoms with Crippen molar-refractivity contribution in [1.29, 1.82) is 5.41 Å². The molecule has 0 atom stereocenters. The summed E-state index contributed by atoms with van der Waals surface area (Å²) in [5, 5.41) is 7.26. The molecule has 0 amide bonds. The Bertz CT molecular complexity index is 567. The van der Waals surface area contributed by atoms with Crippen molar-refractivity contribution >= 4 is 5.84 Å². The summed E-state index contributed by atoms with van der Waals surface area (Å²) in [5.41, 5.74) is 5.76. The molecule has 0 aliphatic heterocycles. The molecule has 0 aliphatic carbocycles. The summed E-state index contributed by atoms with van der Waals surface area (Å²) in [6.07, 6.45) is 1.53. The van der Waals surface area contributed by atoms with E-state index in [0.717, 1.165) is 5.75 Å². The van der Waals surface area contributed by atoms with Crippen LogP contribution >= 0.6 is 0 Å². The number of nitrogens with zero attached hydrogens (tertiary/aromatic N) is 1. The summed E-state index contributed by atoms with van der Waals surface area (Å²) in [6.45, 7) is 2.54. The summed E-state index contributed by atoms with van der Waals surface area (Å²) >= 11 is 0. The Morgan fingerprint density at radius 2 is 2.00 bits per heavy atom. The highest BCUT2D eigenvalue weighted by Crippen LogP contribution is 2.24. The molecular formula is C14H15N3O2. The first-order valence-corrected chi connectivity index (χ1v) is 5.90. The van der Waals surface area contributed by atoms with E-state index in [1.807, 2.05) is 31.2 Å². The van der Waals surface area contributed by atoms with E-state index < -0.39 is 0 Å². The molecule has 1 aromatic heterocycles. The van der Waals surface area contributed by atoms with Gasteiger partial charge in [-0.2, -0.15) is 0 Å². The van der Waals surface area contributed by atoms with Crippen LogP contribution in [0.15, 0.2) is 42.6 Å². The molecule has 98 valence electrons. The zero-order valence-corrected chi connectivity index (χ0v) is 10.6. The lowest BCUT2D eigenvalue weighted by molar-refractivity contribution is 0.338. The first-order chi connectivity index (χ1) is 9.19. The predicted molar refractivity (Wildman–Crippen MR) is 72.9 cm³/mol. The van der Waals surface area contributed by atoms with E-state index in [1.165, 1.54) is 6.20 Å². The largest absolute Gasteiger partial charge is 0.494 e. The molecule has 19 heavy (non-hydrogen) atoms. The number of hydrogen-bond donors (Lipinski definition) is 2. The molecule has 3 N–H and O–H groups in total. The van der Waals surface area contributed by atoms with Gasteiger partial charge in [-0.1, -0.05) is 6.07 Å². The van der Waals surface area contributed by atoms with Crippen LogP contribution in [-0.4, -0.2) is 17.4 Å². The minimum absolute atomic E-state index is 0.0649. The van der Waals surface area contributed by atoms with Crippen molar-refractivity contribution in [2.24, 2.45) is 5.73 Å². The summed E-state index contributed by atoms with van der Waals surface area (Å²) in [4.78, 5) is 4.03. The Morgan fingerprint density at radius 1 is 1.21 bits per heavy atom. The van der Waals surface area contributed by atoms with Gasteiger partial charge in [0.25, 0.3) is 0 Å². The number of aromatic nitrogens is 1. The van der Waals surface area contributed by atoms with Crippen LogP contribution in [0.3, 0.4) is 0 Å². The van der Waals surface area contributed by atoms with Crippen molar-refractivity contribution in [2.45, 2.75) is 6.92 Å². The Labute approximate surface area is 111 Å². The summed E-state index contributed by atoms with van der Waals surface area (Å²) < 4.78 is 11.0. The Balaban J connectivity index is 2.12. The van der Waals surface area contributed by atoms with Gasteiger partial charge in [0.1, 0.15) is 28.8 Å². The predicted octanol–water partition coefficient (Wildman–Crippen LogP) is 2.56. The molecule has 0 radical (unpaired) electrons. The molecule has 0 saturated heterocycles. The molecule has 5 heteroatoms. The number of ether oxygens (including phenoxy) is 2. The summed E-state index contributed by atoms with van der Waals surface area (Å²) in [7, 11) is 0. The quantitative estimate of drug-likeness (QED) is 0.637. The normalized spacial score (nSPS) is 9.95. The minimum atomic E-state index is -0.0649. The van der Waals surface area contributed by atoms with Crippen molar-refractivity contribution in [2.75, 3.05) is 6.61 Å². The zero-order valence-electron chi connectivity index (χ0n) is 10.6. The number of rotatable bonds is 5. The van der Waals surface area contributed by atoms with Gasteiger partial charge >= 0.3 is 0 Å². The number of amidine groups is 1. The van der Waals surface area contributed by atoms with Gasteiger partial charge in [-0.25, -0.2) is 4.98 Å². The second-order valence-corrected chi connectivity index (χ2v) is 3.80. The van der Waals surface area contributed by atoms with E-state index in [1.54, 1.807) is 12.1 Å². The topological polar surface area (TPSA) is 81.2 Å². The third-order valence-corrected chi connectivity index (χ3v) is 2.36. The standard InChI is InChI=1S/C14H15N3O2/c1-2-18-10-4-3-5-11(8-10)19-12-6-7-13(14(15)16)17-9-12/h3-9H,2H2,1H3,(H3,15,16). The van der Waals surface area contributed by atoms with Gasteiger partial charge in [-0.15, -0.1) is 0 Å². The maximum absolute atomic E-state index is 7.26. The van der Waals surface area contributed by atoms with Crippen LogP contribution in [0.25, 0.3) is 0 Å². The number of hydrogen-bond acceptors (Lipinski definition) is 4. The number of pyridine rings is 1. The summed E-state index contributed by atoms with van der Waals surface area (Å²) in [6, 6.07) is 10.7. The highest BCUT2D eigenvalue weighted by atomic mass is 16.5. The lowest BCUT2D eigenvalue weighted by atomic mass is 10.3. The molecule has 5 nitrogen and oxygen atoms in total. The van der Waals surface area contributed by atoms with E-state index in [-0.39, 0.29) is 5.84 Å². The summed E-state index contributed by atoms with van der Waals surface area (Å²) in [5.74, 6) is 1.94. The second-order valence-electron chi connectivity index (χ2n) is 3.80. The molecule has 0 aliphatic rings. The molecule has 0 fully saturated rings. The molecule has 0 unspecified atom stereocenters. The molecule has 1 aromatic carbocycles. The van der Waals surface area contributed by atoms with Gasteiger partial charge in [0.15, 0.2) is 0 Å². The molecule has 1 heterocycles. The van der Waals surface area contributed by atoms with E-state index in [4.69, 9.17) is 20.6 Å². The van der Waals surface area contributed by atoms with Crippen molar-refractivity contribution < 1.29 is 9.47 Å². The molecule has 0 spiro atoms. The lowest BCUT2D eigenvalue weighted by Gasteiger charge is -2.08. The van der Waals surface area contributed by atoms with Crippen LogP contribution in [-0.2, 0) is 0 Å². The third-order valence-electron chi connectivity index (χ3n) is 2.36. The van der Waals surface area contributed by atoms with Crippen LogP contribution in [0.1, 0.15) is 12.6 Å². The van der Waals surface area contributed by atoms with Crippen molar-refractivity contribution in [3.63, 3.8) is 0 Å². The van der Waals surface area contributed by atoms with Crippen LogP contribution in [0.2, 0.25) is 0 Å². The average Bonchev–Trinajstić information content (AvgIpc) is 2.40. The SMILES string of the molecule is CCOc1cccc(Oc2ccc(C(=N)N)nc2)c1. The number of nitrogens with one attached hydrogen (secondary N) is 1. The molecular weight excluding hydrogens is 242 g/mol. The fourth-order valence-electron chi connectivity index (χ4n) is 1.53.